The molecule has 0 N–H and O–H groups in total. The summed E-state index contributed by atoms with van der Waals surface area (Å²) in [6, 6.07) is 23.5. The molecule has 0 aliphatic rings. The van der Waals surface area contributed by atoms with Gasteiger partial charge in [0.1, 0.15) is 21.1 Å². The monoisotopic (exact) mass is 800 g/mol. The maximum Gasteiger partial charge on any atom is 0.212 e. The molecular weight excluding hydrogens is 715 g/mol. The second-order valence-corrected chi connectivity index (χ2v) is 17.4. The molecule has 0 bridgehead atoms. The first-order valence-corrected chi connectivity index (χ1v) is 20.8. The average Bonchev–Trinajstić information content (AvgIpc) is 3.18. The summed E-state index contributed by atoms with van der Waals surface area (Å²) in [6.45, 7) is 23.7. The van der Waals surface area contributed by atoms with E-state index in [1.54, 1.807) is 24.3 Å². The molecule has 0 aliphatic heterocycles. The Bertz CT molecular complexity index is 2780. The third-order valence-electron chi connectivity index (χ3n) is 11.2. The third kappa shape index (κ3) is 11.4. The van der Waals surface area contributed by atoms with E-state index in [2.05, 4.69) is 82.8 Å². The van der Waals surface area contributed by atoms with E-state index in [-0.39, 0.29) is 0 Å². The fourth-order valence-corrected chi connectivity index (χ4v) is 7.92. The summed E-state index contributed by atoms with van der Waals surface area (Å²) < 4.78 is 76.8. The van der Waals surface area contributed by atoms with Crippen LogP contribution in [0.25, 0.3) is 33.8 Å². The highest BCUT2D eigenvalue weighted by molar-refractivity contribution is 5.64. The van der Waals surface area contributed by atoms with Gasteiger partial charge < -0.3 is 0 Å². The molecular formula is C56H76N3+3. The molecule has 0 saturated heterocycles. The minimum Gasteiger partial charge on any atom is -0.201 e. The summed E-state index contributed by atoms with van der Waals surface area (Å²) in [7, 11) is 6.02. The molecule has 0 unspecified atom stereocenters. The molecule has 6 aromatic rings. The largest absolute Gasteiger partial charge is 0.212 e. The highest BCUT2D eigenvalue weighted by Gasteiger charge is 2.21. The van der Waals surface area contributed by atoms with Crippen LogP contribution in [0.4, 0.5) is 0 Å². The van der Waals surface area contributed by atoms with Gasteiger partial charge in [-0.2, -0.15) is 0 Å². The Labute approximate surface area is 372 Å². The zero-order valence-electron chi connectivity index (χ0n) is 48.1. The molecule has 0 radical (unpaired) electrons. The van der Waals surface area contributed by atoms with Gasteiger partial charge in [0.05, 0.1) is 0 Å². The average molecular weight is 800 g/mol. The number of aryl methyl sites for hydroxylation is 11. The van der Waals surface area contributed by atoms with Crippen LogP contribution in [0.15, 0.2) is 91.4 Å². The van der Waals surface area contributed by atoms with Gasteiger partial charge in [-0.3, -0.25) is 0 Å². The van der Waals surface area contributed by atoms with E-state index < -0.39 is 31.4 Å². The summed E-state index contributed by atoms with van der Waals surface area (Å²) in [4.78, 5) is 0. The maximum atomic E-state index is 8.53. The Kier molecular flexibility index (Phi) is 11.8. The van der Waals surface area contributed by atoms with Crippen LogP contribution in [0, 0.1) is 55.2 Å². The van der Waals surface area contributed by atoms with Crippen LogP contribution in [0.2, 0.25) is 0 Å². The fraction of sp³-hybridized carbons (Fsp3) is 0.411. The predicted molar refractivity (Wildman–Crippen MR) is 253 cm³/mol. The van der Waals surface area contributed by atoms with Gasteiger partial charge >= 0.3 is 0 Å². The second-order valence-electron chi connectivity index (χ2n) is 17.4. The fourth-order valence-electron chi connectivity index (χ4n) is 7.92. The zero-order chi connectivity index (χ0) is 51.8. The topological polar surface area (TPSA) is 11.6 Å². The lowest BCUT2D eigenvalue weighted by Gasteiger charge is -2.16. The number of hydrogen-bond donors (Lipinski definition) is 0. The van der Waals surface area contributed by atoms with Crippen molar-refractivity contribution >= 4 is 0 Å². The predicted octanol–water partition coefficient (Wildman–Crippen LogP) is 13.5. The molecule has 3 heterocycles. The molecule has 0 saturated carbocycles. The summed E-state index contributed by atoms with van der Waals surface area (Å²) in [5, 5.41) is 0. The highest BCUT2D eigenvalue weighted by atomic mass is 14.9. The van der Waals surface area contributed by atoms with Gasteiger partial charge in [-0.1, -0.05) is 108 Å². The summed E-state index contributed by atoms with van der Waals surface area (Å²) in [5.41, 5.74) is 18.1. The highest BCUT2D eigenvalue weighted by Crippen LogP contribution is 2.31. The standard InChI is InChI=1S/C20H28N.2C18H24N/c1-13(2)18-11-20(21(7)12-19(18)14(3)4)17-9-8-15(5)10-16(17)6;2*1-12(2)17-11-19(6)18(10-15(17)5)16-8-7-13(3)9-14(16)4/h8-14H,1-7H3;2*7-12H,1-6H3/q3*+1/i5D3,13D,14D;3D3,12D;. The second kappa shape index (κ2) is 19.9. The first kappa shape index (κ1) is 34.9. The molecule has 0 amide bonds. The van der Waals surface area contributed by atoms with Crippen LogP contribution in [0.3, 0.4) is 0 Å². The molecule has 0 spiro atoms. The number of hydrogen-bond acceptors (Lipinski definition) is 0. The van der Waals surface area contributed by atoms with Crippen molar-refractivity contribution in [2.75, 3.05) is 0 Å². The van der Waals surface area contributed by atoms with Gasteiger partial charge in [0.25, 0.3) is 0 Å². The van der Waals surface area contributed by atoms with Gasteiger partial charge in [0, 0.05) is 63.9 Å². The molecule has 0 aliphatic carbocycles. The van der Waals surface area contributed by atoms with Crippen LogP contribution in [-0.2, 0) is 21.1 Å². The van der Waals surface area contributed by atoms with E-state index >= 15 is 0 Å². The molecule has 0 atom stereocenters. The summed E-state index contributed by atoms with van der Waals surface area (Å²) in [6.07, 6.45) is 6.19. The first-order chi connectivity index (χ1) is 30.9. The smallest absolute Gasteiger partial charge is 0.201 e. The first-order valence-electron chi connectivity index (χ1n) is 25.3. The number of benzene rings is 3. The Hall–Kier alpha value is -4.89. The van der Waals surface area contributed by atoms with E-state index in [0.29, 0.717) is 17.0 Å². The van der Waals surface area contributed by atoms with Crippen LogP contribution in [0.5, 0.6) is 0 Å². The minimum atomic E-state index is -2.13. The van der Waals surface area contributed by atoms with Crippen molar-refractivity contribution < 1.29 is 26.0 Å². The van der Waals surface area contributed by atoms with Crippen molar-refractivity contribution in [2.24, 2.45) is 21.1 Å². The normalized spacial score (nSPS) is 14.4. The SMILES string of the molecule is Cc1ccc(-c2cc(C)c(C(C)C)c[n+]2C)c(C)c1.[2H]C([2H])([2H])c1ccc(-c2cc(C([2H])(C)C)c(C([2H])(C)C)c[n+]2C)c(C)c1.[2H]C([2H])([2H])c1ccc(-c2cc(C)c(C([2H])(C)C)c[n+]2C)c(C)c1. The minimum absolute atomic E-state index is 0.325. The van der Waals surface area contributed by atoms with Gasteiger partial charge in [0.15, 0.2) is 18.6 Å². The van der Waals surface area contributed by atoms with Gasteiger partial charge in [0.2, 0.25) is 17.1 Å². The van der Waals surface area contributed by atoms with Crippen molar-refractivity contribution in [2.45, 2.75) is 134 Å². The van der Waals surface area contributed by atoms with Crippen LogP contribution >= 0.6 is 0 Å². The van der Waals surface area contributed by atoms with Gasteiger partial charge in [-0.25, -0.2) is 13.7 Å². The Morgan fingerprint density at radius 1 is 0.390 bits per heavy atom. The van der Waals surface area contributed by atoms with Crippen LogP contribution < -0.4 is 13.7 Å². The lowest BCUT2D eigenvalue weighted by Crippen LogP contribution is -2.32. The van der Waals surface area contributed by atoms with E-state index in [0.717, 1.165) is 55.9 Å². The van der Waals surface area contributed by atoms with Crippen LogP contribution in [-0.4, -0.2) is 0 Å². The number of nitrogens with zero attached hydrogens (tertiary/aromatic N) is 3. The molecule has 3 aromatic carbocycles. The molecule has 312 valence electrons. The van der Waals surface area contributed by atoms with Crippen molar-refractivity contribution in [1.82, 2.24) is 0 Å². The molecule has 6 rings (SSSR count). The zero-order valence-corrected chi connectivity index (χ0v) is 39.1. The maximum absolute atomic E-state index is 8.53. The van der Waals surface area contributed by atoms with E-state index in [1.165, 1.54) is 33.5 Å². The molecule has 3 nitrogen and oxygen atoms in total. The quantitative estimate of drug-likeness (QED) is 0.143. The van der Waals surface area contributed by atoms with E-state index in [1.807, 2.05) is 116 Å². The molecule has 3 heteroatoms. The Morgan fingerprint density at radius 3 is 1.10 bits per heavy atom. The number of pyridine rings is 3. The Morgan fingerprint density at radius 2 is 0.729 bits per heavy atom. The van der Waals surface area contributed by atoms with Crippen molar-refractivity contribution in [3.8, 4) is 33.8 Å². The lowest BCUT2D eigenvalue weighted by atomic mass is 9.90. The molecule has 3 aromatic heterocycles. The van der Waals surface area contributed by atoms with Crippen molar-refractivity contribution in [3.63, 3.8) is 0 Å². The van der Waals surface area contributed by atoms with Gasteiger partial charge in [-0.15, -0.1) is 0 Å². The summed E-state index contributed by atoms with van der Waals surface area (Å²) in [5.74, 6) is -1.74. The lowest BCUT2D eigenvalue weighted by molar-refractivity contribution is -0.661. The van der Waals surface area contributed by atoms with E-state index in [4.69, 9.17) is 12.3 Å². The van der Waals surface area contributed by atoms with Crippen molar-refractivity contribution in [1.29, 1.82) is 0 Å². The van der Waals surface area contributed by atoms with E-state index in [9.17, 15) is 0 Å². The summed E-state index contributed by atoms with van der Waals surface area (Å²) >= 11 is 0. The van der Waals surface area contributed by atoms with Gasteiger partial charge in [-0.05, 0) is 130 Å². The van der Waals surface area contributed by atoms with Crippen molar-refractivity contribution in [3.05, 3.63) is 158 Å². The van der Waals surface area contributed by atoms with Crippen LogP contribution in [0.1, 0.15) is 158 Å². The molecule has 0 fully saturated rings. The number of rotatable bonds is 7. The number of aromatic nitrogens is 3. The Balaban J connectivity index is 0.000000225. The third-order valence-corrected chi connectivity index (χ3v) is 11.2. The molecule has 59 heavy (non-hydrogen) atoms.